The number of aromatic nitrogens is 2. The van der Waals surface area contributed by atoms with Gasteiger partial charge in [-0.05, 0) is 50.2 Å². The van der Waals surface area contributed by atoms with E-state index >= 15 is 0 Å². The van der Waals surface area contributed by atoms with Crippen molar-refractivity contribution in [3.8, 4) is 0 Å². The standard InChI is InChI=1S/C19H18N4O3/c1-12(19-21-13(2)23-26-19)20-17(24)15-8-10-16(11-9-15)22-18(25)14-6-4-3-5-7-14/h3-12H,1-2H3,(H,20,24)(H,22,25). The Hall–Kier alpha value is -3.48. The van der Waals surface area contributed by atoms with Crippen LogP contribution in [0.1, 0.15) is 45.4 Å². The summed E-state index contributed by atoms with van der Waals surface area (Å²) in [6.07, 6.45) is 0. The highest BCUT2D eigenvalue weighted by molar-refractivity contribution is 6.04. The van der Waals surface area contributed by atoms with Crippen LogP contribution in [0.25, 0.3) is 0 Å². The number of hydrogen-bond acceptors (Lipinski definition) is 5. The van der Waals surface area contributed by atoms with Crippen LogP contribution >= 0.6 is 0 Å². The molecule has 1 atom stereocenters. The second-order valence-corrected chi connectivity index (χ2v) is 5.77. The van der Waals surface area contributed by atoms with Gasteiger partial charge in [-0.25, -0.2) is 0 Å². The molecule has 0 saturated carbocycles. The molecule has 0 bridgehead atoms. The molecule has 7 heteroatoms. The van der Waals surface area contributed by atoms with Gasteiger partial charge in [-0.1, -0.05) is 23.4 Å². The molecule has 0 aliphatic rings. The van der Waals surface area contributed by atoms with Gasteiger partial charge in [-0.2, -0.15) is 4.98 Å². The molecule has 3 aromatic rings. The molecule has 1 aromatic heterocycles. The summed E-state index contributed by atoms with van der Waals surface area (Å²) in [5.41, 5.74) is 1.64. The van der Waals surface area contributed by atoms with E-state index in [9.17, 15) is 9.59 Å². The van der Waals surface area contributed by atoms with E-state index in [0.717, 1.165) is 0 Å². The number of carbonyl (C=O) groups is 2. The van der Waals surface area contributed by atoms with Crippen LogP contribution in [0, 0.1) is 6.92 Å². The molecule has 2 aromatic carbocycles. The van der Waals surface area contributed by atoms with Crippen molar-refractivity contribution in [2.75, 3.05) is 5.32 Å². The predicted molar refractivity (Wildman–Crippen MR) is 95.8 cm³/mol. The largest absolute Gasteiger partial charge is 0.341 e. The summed E-state index contributed by atoms with van der Waals surface area (Å²) in [5, 5.41) is 9.28. The van der Waals surface area contributed by atoms with Crippen LogP contribution in [0.3, 0.4) is 0 Å². The van der Waals surface area contributed by atoms with E-state index in [4.69, 9.17) is 4.52 Å². The van der Waals surface area contributed by atoms with Crippen molar-refractivity contribution >= 4 is 17.5 Å². The van der Waals surface area contributed by atoms with Crippen molar-refractivity contribution in [1.29, 1.82) is 0 Å². The lowest BCUT2D eigenvalue weighted by molar-refractivity contribution is 0.0932. The second kappa shape index (κ2) is 7.60. The zero-order chi connectivity index (χ0) is 18.5. The van der Waals surface area contributed by atoms with Gasteiger partial charge in [0.25, 0.3) is 11.8 Å². The number of nitrogens with zero attached hydrogens (tertiary/aromatic N) is 2. The molecule has 0 radical (unpaired) electrons. The maximum Gasteiger partial charge on any atom is 0.255 e. The fraction of sp³-hybridized carbons (Fsp3) is 0.158. The Labute approximate surface area is 150 Å². The zero-order valence-electron chi connectivity index (χ0n) is 14.4. The Bertz CT molecular complexity index is 904. The quantitative estimate of drug-likeness (QED) is 0.737. The molecule has 7 nitrogen and oxygen atoms in total. The molecule has 1 heterocycles. The van der Waals surface area contributed by atoms with Gasteiger partial charge in [0.2, 0.25) is 5.89 Å². The number of hydrogen-bond donors (Lipinski definition) is 2. The Morgan fingerprint density at radius 3 is 2.23 bits per heavy atom. The number of aryl methyl sites for hydroxylation is 1. The van der Waals surface area contributed by atoms with Crippen molar-refractivity contribution in [3.05, 3.63) is 77.4 Å². The molecular formula is C19H18N4O3. The molecule has 0 aliphatic carbocycles. The Balaban J connectivity index is 1.61. The van der Waals surface area contributed by atoms with Crippen molar-refractivity contribution in [2.45, 2.75) is 19.9 Å². The van der Waals surface area contributed by atoms with Crippen molar-refractivity contribution < 1.29 is 14.1 Å². The van der Waals surface area contributed by atoms with E-state index in [2.05, 4.69) is 20.8 Å². The summed E-state index contributed by atoms with van der Waals surface area (Å²) in [6, 6.07) is 15.2. The average molecular weight is 350 g/mol. The van der Waals surface area contributed by atoms with Gasteiger partial charge in [0.15, 0.2) is 5.82 Å². The first-order chi connectivity index (χ1) is 12.5. The molecule has 132 valence electrons. The van der Waals surface area contributed by atoms with Crippen molar-refractivity contribution in [3.63, 3.8) is 0 Å². The summed E-state index contributed by atoms with van der Waals surface area (Å²) < 4.78 is 5.04. The number of benzene rings is 2. The third-order valence-corrected chi connectivity index (χ3v) is 3.70. The first kappa shape index (κ1) is 17.3. The summed E-state index contributed by atoms with van der Waals surface area (Å²) in [5.74, 6) is 0.389. The lowest BCUT2D eigenvalue weighted by atomic mass is 10.1. The lowest BCUT2D eigenvalue weighted by Gasteiger charge is -2.10. The predicted octanol–water partition coefficient (Wildman–Crippen LogP) is 3.12. The normalized spacial score (nSPS) is 11.6. The Morgan fingerprint density at radius 1 is 0.962 bits per heavy atom. The molecule has 26 heavy (non-hydrogen) atoms. The minimum atomic E-state index is -0.402. The third kappa shape index (κ3) is 4.13. The second-order valence-electron chi connectivity index (χ2n) is 5.77. The summed E-state index contributed by atoms with van der Waals surface area (Å²) >= 11 is 0. The molecule has 0 spiro atoms. The summed E-state index contributed by atoms with van der Waals surface area (Å²) in [4.78, 5) is 28.5. The van der Waals surface area contributed by atoms with Gasteiger partial charge in [0.1, 0.15) is 6.04 Å². The van der Waals surface area contributed by atoms with Gasteiger partial charge in [-0.3, -0.25) is 9.59 Å². The highest BCUT2D eigenvalue weighted by Crippen LogP contribution is 2.14. The first-order valence-electron chi connectivity index (χ1n) is 8.10. The van der Waals surface area contributed by atoms with Crippen LogP contribution in [-0.2, 0) is 0 Å². The molecular weight excluding hydrogens is 332 g/mol. The van der Waals surface area contributed by atoms with Crippen LogP contribution < -0.4 is 10.6 Å². The van der Waals surface area contributed by atoms with Crippen LogP contribution in [0.4, 0.5) is 5.69 Å². The molecule has 2 amide bonds. The zero-order valence-corrected chi connectivity index (χ0v) is 14.4. The van der Waals surface area contributed by atoms with E-state index in [0.29, 0.717) is 28.5 Å². The summed E-state index contributed by atoms with van der Waals surface area (Å²) in [6.45, 7) is 3.48. The highest BCUT2D eigenvalue weighted by Gasteiger charge is 2.16. The minimum absolute atomic E-state index is 0.205. The van der Waals surface area contributed by atoms with Crippen molar-refractivity contribution in [1.82, 2.24) is 15.5 Å². The lowest BCUT2D eigenvalue weighted by Crippen LogP contribution is -2.26. The fourth-order valence-electron chi connectivity index (χ4n) is 2.33. The fourth-order valence-corrected chi connectivity index (χ4v) is 2.33. The average Bonchev–Trinajstić information content (AvgIpc) is 3.09. The van der Waals surface area contributed by atoms with E-state index < -0.39 is 6.04 Å². The highest BCUT2D eigenvalue weighted by atomic mass is 16.5. The Morgan fingerprint density at radius 2 is 1.62 bits per heavy atom. The van der Waals surface area contributed by atoms with Gasteiger partial charge in [0, 0.05) is 16.8 Å². The molecule has 0 fully saturated rings. The van der Waals surface area contributed by atoms with Gasteiger partial charge >= 0.3 is 0 Å². The van der Waals surface area contributed by atoms with E-state index in [1.54, 1.807) is 62.4 Å². The van der Waals surface area contributed by atoms with Crippen LogP contribution in [0.5, 0.6) is 0 Å². The van der Waals surface area contributed by atoms with E-state index in [1.807, 2.05) is 6.07 Å². The molecule has 1 unspecified atom stereocenters. The monoisotopic (exact) mass is 350 g/mol. The van der Waals surface area contributed by atoms with E-state index in [1.165, 1.54) is 0 Å². The van der Waals surface area contributed by atoms with Crippen LogP contribution in [-0.4, -0.2) is 22.0 Å². The smallest absolute Gasteiger partial charge is 0.255 e. The maximum absolute atomic E-state index is 12.3. The number of anilines is 1. The van der Waals surface area contributed by atoms with Gasteiger partial charge in [0.05, 0.1) is 0 Å². The summed E-state index contributed by atoms with van der Waals surface area (Å²) in [7, 11) is 0. The SMILES string of the molecule is Cc1noc(C(C)NC(=O)c2ccc(NC(=O)c3ccccc3)cc2)n1. The van der Waals surface area contributed by atoms with Gasteiger partial charge < -0.3 is 15.2 Å². The number of amides is 2. The third-order valence-electron chi connectivity index (χ3n) is 3.70. The molecule has 0 saturated heterocycles. The Kier molecular flexibility index (Phi) is 5.07. The molecule has 2 N–H and O–H groups in total. The molecule has 0 aliphatic heterocycles. The van der Waals surface area contributed by atoms with Crippen molar-refractivity contribution in [2.24, 2.45) is 0 Å². The number of nitrogens with one attached hydrogen (secondary N) is 2. The topological polar surface area (TPSA) is 97.1 Å². The van der Waals surface area contributed by atoms with Crippen LogP contribution in [0.2, 0.25) is 0 Å². The number of rotatable bonds is 5. The number of carbonyl (C=O) groups excluding carboxylic acids is 2. The maximum atomic E-state index is 12.3. The minimum Gasteiger partial charge on any atom is -0.341 e. The molecule has 3 rings (SSSR count). The van der Waals surface area contributed by atoms with Gasteiger partial charge in [-0.15, -0.1) is 0 Å². The van der Waals surface area contributed by atoms with Crippen LogP contribution in [0.15, 0.2) is 59.1 Å². The first-order valence-corrected chi connectivity index (χ1v) is 8.10. The van der Waals surface area contributed by atoms with E-state index in [-0.39, 0.29) is 11.8 Å².